The number of aromatic nitrogens is 2. The van der Waals surface area contributed by atoms with Crippen molar-refractivity contribution >= 4 is 11.7 Å². The Bertz CT molecular complexity index is 435. The average Bonchev–Trinajstić information content (AvgIpc) is 2.49. The maximum atomic E-state index is 12.1. The molecule has 1 aromatic rings. The first kappa shape index (κ1) is 14.7. The monoisotopic (exact) mass is 277 g/mol. The highest BCUT2D eigenvalue weighted by Crippen LogP contribution is 2.12. The number of rotatable bonds is 4. The second-order valence-corrected chi connectivity index (χ2v) is 5.03. The van der Waals surface area contributed by atoms with Gasteiger partial charge in [0.25, 0.3) is 5.91 Å². The first-order valence-electron chi connectivity index (χ1n) is 7.20. The summed E-state index contributed by atoms with van der Waals surface area (Å²) in [6.45, 7) is 9.28. The summed E-state index contributed by atoms with van der Waals surface area (Å²) in [6, 6.07) is 0. The van der Waals surface area contributed by atoms with Crippen molar-refractivity contribution in [1.82, 2.24) is 19.8 Å². The van der Waals surface area contributed by atoms with E-state index in [1.807, 2.05) is 13.8 Å². The Morgan fingerprint density at radius 2 is 1.80 bits per heavy atom. The van der Waals surface area contributed by atoms with Gasteiger partial charge in [-0.3, -0.25) is 4.79 Å². The van der Waals surface area contributed by atoms with Crippen LogP contribution in [0.3, 0.4) is 0 Å². The van der Waals surface area contributed by atoms with Crippen molar-refractivity contribution in [2.75, 3.05) is 51.2 Å². The predicted octanol–water partition coefficient (Wildman–Crippen LogP) is 0.710. The molecule has 0 unspecified atom stereocenters. The van der Waals surface area contributed by atoms with Gasteiger partial charge in [0.2, 0.25) is 0 Å². The van der Waals surface area contributed by atoms with Gasteiger partial charge in [-0.1, -0.05) is 0 Å². The molecule has 1 aromatic heterocycles. The number of hydrogen-bond acceptors (Lipinski definition) is 5. The fraction of sp³-hybridized carbons (Fsp3) is 0.643. The van der Waals surface area contributed by atoms with Crippen LogP contribution in [0.4, 0.5) is 5.82 Å². The van der Waals surface area contributed by atoms with Gasteiger partial charge >= 0.3 is 0 Å². The van der Waals surface area contributed by atoms with Crippen LogP contribution in [0.25, 0.3) is 0 Å². The standard InChI is InChI=1S/C14H23N5O/c1-4-18(5-2)14(20)12-10-16-13(11-15-12)19-8-6-17(3)7-9-19/h10-11H,4-9H2,1-3H3. The van der Waals surface area contributed by atoms with Crippen LogP contribution < -0.4 is 4.90 Å². The fourth-order valence-electron chi connectivity index (χ4n) is 2.30. The van der Waals surface area contributed by atoms with E-state index in [2.05, 4.69) is 26.8 Å². The fourth-order valence-corrected chi connectivity index (χ4v) is 2.30. The molecule has 1 aliphatic heterocycles. The van der Waals surface area contributed by atoms with Crippen LogP contribution in [0.15, 0.2) is 12.4 Å². The lowest BCUT2D eigenvalue weighted by Gasteiger charge is -2.32. The molecule has 0 radical (unpaired) electrons. The third-order valence-corrected chi connectivity index (χ3v) is 3.74. The smallest absolute Gasteiger partial charge is 0.274 e. The quantitative estimate of drug-likeness (QED) is 0.811. The van der Waals surface area contributed by atoms with Crippen LogP contribution in [-0.4, -0.2) is 72.0 Å². The van der Waals surface area contributed by atoms with Crippen LogP contribution in [0.5, 0.6) is 0 Å². The molecule has 1 fully saturated rings. The second-order valence-electron chi connectivity index (χ2n) is 5.03. The number of carbonyl (C=O) groups excluding carboxylic acids is 1. The molecular formula is C14H23N5O. The van der Waals surface area contributed by atoms with Gasteiger partial charge in [0.15, 0.2) is 0 Å². The van der Waals surface area contributed by atoms with Crippen LogP contribution >= 0.6 is 0 Å². The molecule has 0 spiro atoms. The van der Waals surface area contributed by atoms with Crippen LogP contribution in [-0.2, 0) is 0 Å². The normalized spacial score (nSPS) is 16.2. The zero-order chi connectivity index (χ0) is 14.5. The summed E-state index contributed by atoms with van der Waals surface area (Å²) in [6.07, 6.45) is 3.30. The van der Waals surface area contributed by atoms with Crippen molar-refractivity contribution in [2.24, 2.45) is 0 Å². The molecule has 0 aromatic carbocycles. The molecule has 2 heterocycles. The number of likely N-dealkylation sites (N-methyl/N-ethyl adjacent to an activating group) is 1. The lowest BCUT2D eigenvalue weighted by molar-refractivity contribution is 0.0766. The van der Waals surface area contributed by atoms with Crippen LogP contribution in [0, 0.1) is 0 Å². The number of carbonyl (C=O) groups is 1. The van der Waals surface area contributed by atoms with E-state index in [0.29, 0.717) is 18.8 Å². The minimum Gasteiger partial charge on any atom is -0.353 e. The Labute approximate surface area is 120 Å². The van der Waals surface area contributed by atoms with Gasteiger partial charge in [-0.25, -0.2) is 9.97 Å². The van der Waals surface area contributed by atoms with Gasteiger partial charge in [-0.05, 0) is 20.9 Å². The van der Waals surface area contributed by atoms with Gasteiger partial charge in [-0.2, -0.15) is 0 Å². The Hall–Kier alpha value is -1.69. The molecule has 0 aliphatic carbocycles. The third kappa shape index (κ3) is 3.25. The molecule has 0 bridgehead atoms. The minimum atomic E-state index is -0.0487. The number of piperazine rings is 1. The largest absolute Gasteiger partial charge is 0.353 e. The zero-order valence-corrected chi connectivity index (χ0v) is 12.5. The SMILES string of the molecule is CCN(CC)C(=O)c1cnc(N2CCN(C)CC2)cn1. The van der Waals surface area contributed by atoms with Crippen LogP contribution in [0.2, 0.25) is 0 Å². The minimum absolute atomic E-state index is 0.0487. The Kier molecular flexibility index (Phi) is 4.89. The van der Waals surface area contributed by atoms with Crippen molar-refractivity contribution < 1.29 is 4.79 Å². The summed E-state index contributed by atoms with van der Waals surface area (Å²) in [7, 11) is 2.12. The van der Waals surface area contributed by atoms with E-state index in [1.165, 1.54) is 0 Å². The topological polar surface area (TPSA) is 52.6 Å². The van der Waals surface area contributed by atoms with Crippen molar-refractivity contribution in [3.8, 4) is 0 Å². The maximum absolute atomic E-state index is 12.1. The third-order valence-electron chi connectivity index (χ3n) is 3.74. The summed E-state index contributed by atoms with van der Waals surface area (Å²) in [4.78, 5) is 27.1. The van der Waals surface area contributed by atoms with E-state index in [-0.39, 0.29) is 5.91 Å². The molecule has 6 heteroatoms. The highest BCUT2D eigenvalue weighted by atomic mass is 16.2. The lowest BCUT2D eigenvalue weighted by Crippen LogP contribution is -2.44. The number of amides is 1. The number of hydrogen-bond donors (Lipinski definition) is 0. The Morgan fingerprint density at radius 1 is 1.15 bits per heavy atom. The van der Waals surface area contributed by atoms with Crippen molar-refractivity contribution in [1.29, 1.82) is 0 Å². The molecule has 6 nitrogen and oxygen atoms in total. The molecule has 1 aliphatic rings. The molecule has 0 atom stereocenters. The summed E-state index contributed by atoms with van der Waals surface area (Å²) in [5.41, 5.74) is 0.423. The first-order valence-corrected chi connectivity index (χ1v) is 7.20. The van der Waals surface area contributed by atoms with E-state index >= 15 is 0 Å². The second kappa shape index (κ2) is 6.65. The van der Waals surface area contributed by atoms with Gasteiger partial charge in [0, 0.05) is 39.3 Å². The van der Waals surface area contributed by atoms with Gasteiger partial charge in [-0.15, -0.1) is 0 Å². The highest BCUT2D eigenvalue weighted by Gasteiger charge is 2.18. The molecule has 20 heavy (non-hydrogen) atoms. The summed E-state index contributed by atoms with van der Waals surface area (Å²) in [5.74, 6) is 0.807. The maximum Gasteiger partial charge on any atom is 0.274 e. The summed E-state index contributed by atoms with van der Waals surface area (Å²) >= 11 is 0. The van der Waals surface area contributed by atoms with E-state index in [1.54, 1.807) is 17.3 Å². The average molecular weight is 277 g/mol. The number of anilines is 1. The molecule has 1 amide bonds. The predicted molar refractivity (Wildman–Crippen MR) is 79.0 cm³/mol. The Balaban J connectivity index is 2.04. The summed E-state index contributed by atoms with van der Waals surface area (Å²) in [5, 5.41) is 0. The molecule has 0 saturated carbocycles. The van der Waals surface area contributed by atoms with E-state index < -0.39 is 0 Å². The van der Waals surface area contributed by atoms with Crippen molar-refractivity contribution in [3.63, 3.8) is 0 Å². The van der Waals surface area contributed by atoms with E-state index in [9.17, 15) is 4.79 Å². The van der Waals surface area contributed by atoms with Gasteiger partial charge in [0.1, 0.15) is 11.5 Å². The highest BCUT2D eigenvalue weighted by molar-refractivity contribution is 5.92. The Morgan fingerprint density at radius 3 is 2.30 bits per heavy atom. The molecule has 1 saturated heterocycles. The number of nitrogens with zero attached hydrogens (tertiary/aromatic N) is 5. The molecular weight excluding hydrogens is 254 g/mol. The lowest BCUT2D eigenvalue weighted by atomic mass is 10.3. The van der Waals surface area contributed by atoms with Crippen LogP contribution in [0.1, 0.15) is 24.3 Å². The molecule has 110 valence electrons. The van der Waals surface area contributed by atoms with Gasteiger partial charge in [0.05, 0.1) is 12.4 Å². The summed E-state index contributed by atoms with van der Waals surface area (Å²) < 4.78 is 0. The van der Waals surface area contributed by atoms with Crippen molar-refractivity contribution in [3.05, 3.63) is 18.1 Å². The van der Waals surface area contributed by atoms with E-state index in [4.69, 9.17) is 0 Å². The van der Waals surface area contributed by atoms with Crippen molar-refractivity contribution in [2.45, 2.75) is 13.8 Å². The molecule has 2 rings (SSSR count). The zero-order valence-electron chi connectivity index (χ0n) is 12.5. The molecule has 0 N–H and O–H groups in total. The van der Waals surface area contributed by atoms with E-state index in [0.717, 1.165) is 32.0 Å². The van der Waals surface area contributed by atoms with Gasteiger partial charge < -0.3 is 14.7 Å². The first-order chi connectivity index (χ1) is 9.65.